The smallest absolute Gasteiger partial charge is 0.368 e. The predicted molar refractivity (Wildman–Crippen MR) is 100 cm³/mol. The molecule has 3 rings (SSSR count). The summed E-state index contributed by atoms with van der Waals surface area (Å²) in [6, 6.07) is 7.03. The second-order valence-electron chi connectivity index (χ2n) is 6.95. The van der Waals surface area contributed by atoms with E-state index in [0.29, 0.717) is 17.9 Å². The molecular formula is C19H25N2O5S+. The van der Waals surface area contributed by atoms with Gasteiger partial charge in [0.05, 0.1) is 19.8 Å². The SMILES string of the molecule is COC(=O)[C@]1(CCSC)[NH2+][C@@H](c2ccccc2OC)[C@H]2C(=O)N(C)C(=O)[C@H]21. The van der Waals surface area contributed by atoms with Gasteiger partial charge in [-0.05, 0) is 24.1 Å². The van der Waals surface area contributed by atoms with Gasteiger partial charge < -0.3 is 14.8 Å². The quantitative estimate of drug-likeness (QED) is 0.549. The maximum atomic E-state index is 13.0. The number of amides is 2. The van der Waals surface area contributed by atoms with E-state index in [1.165, 1.54) is 14.2 Å². The van der Waals surface area contributed by atoms with Crippen LogP contribution in [0.25, 0.3) is 0 Å². The van der Waals surface area contributed by atoms with E-state index < -0.39 is 29.4 Å². The molecule has 0 saturated carbocycles. The molecule has 0 bridgehead atoms. The lowest BCUT2D eigenvalue weighted by Crippen LogP contribution is -2.98. The van der Waals surface area contributed by atoms with E-state index in [1.807, 2.05) is 35.8 Å². The van der Waals surface area contributed by atoms with Crippen LogP contribution >= 0.6 is 11.8 Å². The number of ether oxygens (including phenoxy) is 2. The minimum absolute atomic E-state index is 0.257. The number of esters is 1. The molecule has 0 spiro atoms. The number of nitrogens with two attached hydrogens (primary N) is 1. The van der Waals surface area contributed by atoms with Crippen LogP contribution in [0, 0.1) is 11.8 Å². The van der Waals surface area contributed by atoms with Crippen LogP contribution in [0.4, 0.5) is 0 Å². The van der Waals surface area contributed by atoms with Crippen molar-refractivity contribution < 1.29 is 29.2 Å². The average Bonchev–Trinajstić information content (AvgIpc) is 3.15. The summed E-state index contributed by atoms with van der Waals surface area (Å²) in [4.78, 5) is 40.0. The molecule has 27 heavy (non-hydrogen) atoms. The van der Waals surface area contributed by atoms with Crippen molar-refractivity contribution in [1.82, 2.24) is 4.90 Å². The molecular weight excluding hydrogens is 368 g/mol. The lowest BCUT2D eigenvalue weighted by Gasteiger charge is -2.28. The first-order valence-corrected chi connectivity index (χ1v) is 10.2. The van der Waals surface area contributed by atoms with Crippen LogP contribution in [0.2, 0.25) is 0 Å². The summed E-state index contributed by atoms with van der Waals surface area (Å²) < 4.78 is 10.6. The van der Waals surface area contributed by atoms with Gasteiger partial charge in [0, 0.05) is 13.5 Å². The molecule has 1 aromatic rings. The van der Waals surface area contributed by atoms with Gasteiger partial charge in [-0.2, -0.15) is 11.8 Å². The number of likely N-dealkylation sites (tertiary alicyclic amines) is 1. The number of nitrogens with zero attached hydrogens (tertiary/aromatic N) is 1. The zero-order chi connectivity index (χ0) is 19.8. The maximum absolute atomic E-state index is 13.0. The fourth-order valence-electron chi connectivity index (χ4n) is 4.49. The molecule has 146 valence electrons. The first-order valence-electron chi connectivity index (χ1n) is 8.80. The Balaban J connectivity index is 2.16. The Morgan fingerprint density at radius 2 is 1.96 bits per heavy atom. The van der Waals surface area contributed by atoms with Gasteiger partial charge >= 0.3 is 5.97 Å². The van der Waals surface area contributed by atoms with E-state index >= 15 is 0 Å². The highest BCUT2D eigenvalue weighted by atomic mass is 32.2. The Morgan fingerprint density at radius 3 is 2.59 bits per heavy atom. The molecule has 2 aliphatic rings. The molecule has 2 N–H and O–H groups in total. The van der Waals surface area contributed by atoms with Crippen LogP contribution in [0.15, 0.2) is 24.3 Å². The summed E-state index contributed by atoms with van der Waals surface area (Å²) >= 11 is 1.59. The highest BCUT2D eigenvalue weighted by Crippen LogP contribution is 2.47. The number of hydrogen-bond donors (Lipinski definition) is 1. The second-order valence-corrected chi connectivity index (χ2v) is 7.93. The van der Waals surface area contributed by atoms with Crippen LogP contribution in [0.5, 0.6) is 5.75 Å². The number of quaternary nitrogens is 1. The number of fused-ring (bicyclic) bond motifs is 1. The Kier molecular flexibility index (Phi) is 5.48. The Hall–Kier alpha value is -2.06. The molecule has 2 saturated heterocycles. The van der Waals surface area contributed by atoms with Gasteiger partial charge in [0.1, 0.15) is 23.6 Å². The molecule has 0 aromatic heterocycles. The summed E-state index contributed by atoms with van der Waals surface area (Å²) in [5.41, 5.74) is -0.313. The van der Waals surface area contributed by atoms with Crippen molar-refractivity contribution in [3.63, 3.8) is 0 Å². The molecule has 0 radical (unpaired) electrons. The molecule has 1 aromatic carbocycles. The highest BCUT2D eigenvalue weighted by Gasteiger charge is 2.71. The lowest BCUT2D eigenvalue weighted by molar-refractivity contribution is -0.734. The predicted octanol–water partition coefficient (Wildman–Crippen LogP) is 0.209. The van der Waals surface area contributed by atoms with Crippen molar-refractivity contribution >= 4 is 29.5 Å². The van der Waals surface area contributed by atoms with Crippen LogP contribution < -0.4 is 10.1 Å². The van der Waals surface area contributed by atoms with Gasteiger partial charge in [-0.1, -0.05) is 12.1 Å². The zero-order valence-electron chi connectivity index (χ0n) is 15.9. The lowest BCUT2D eigenvalue weighted by atomic mass is 9.77. The molecule has 4 atom stereocenters. The first kappa shape index (κ1) is 19.7. The summed E-state index contributed by atoms with van der Waals surface area (Å²) in [7, 11) is 4.38. The number of methoxy groups -OCH3 is 2. The minimum atomic E-state index is -1.12. The Morgan fingerprint density at radius 1 is 1.26 bits per heavy atom. The Labute approximate surface area is 162 Å². The molecule has 2 fully saturated rings. The summed E-state index contributed by atoms with van der Waals surface area (Å²) in [6.07, 6.45) is 2.39. The van der Waals surface area contributed by atoms with E-state index in [1.54, 1.807) is 18.9 Å². The van der Waals surface area contributed by atoms with E-state index in [4.69, 9.17) is 9.47 Å². The van der Waals surface area contributed by atoms with Crippen molar-refractivity contribution in [2.75, 3.05) is 33.3 Å². The van der Waals surface area contributed by atoms with E-state index in [2.05, 4.69) is 0 Å². The monoisotopic (exact) mass is 393 g/mol. The van der Waals surface area contributed by atoms with Crippen LogP contribution in [0.1, 0.15) is 18.0 Å². The first-order chi connectivity index (χ1) is 12.9. The van der Waals surface area contributed by atoms with Crippen molar-refractivity contribution in [2.45, 2.75) is 18.0 Å². The summed E-state index contributed by atoms with van der Waals surface area (Å²) in [5.74, 6) is -1.08. The molecule has 2 aliphatic heterocycles. The third kappa shape index (κ3) is 2.91. The molecule has 2 heterocycles. The molecule has 0 aliphatic carbocycles. The molecule has 8 heteroatoms. The average molecular weight is 393 g/mol. The van der Waals surface area contributed by atoms with Gasteiger partial charge in [0.2, 0.25) is 17.4 Å². The number of hydrogen-bond acceptors (Lipinski definition) is 6. The second kappa shape index (κ2) is 7.52. The minimum Gasteiger partial charge on any atom is -0.496 e. The number of para-hydroxylation sites is 1. The van der Waals surface area contributed by atoms with Crippen LogP contribution in [-0.4, -0.2) is 61.5 Å². The largest absolute Gasteiger partial charge is 0.496 e. The van der Waals surface area contributed by atoms with Gasteiger partial charge in [-0.25, -0.2) is 4.79 Å². The van der Waals surface area contributed by atoms with Gasteiger partial charge in [0.15, 0.2) is 0 Å². The van der Waals surface area contributed by atoms with E-state index in [0.717, 1.165) is 10.5 Å². The third-order valence-corrected chi connectivity index (χ3v) is 6.39. The number of benzene rings is 1. The van der Waals surface area contributed by atoms with Crippen molar-refractivity contribution in [3.8, 4) is 5.75 Å². The van der Waals surface area contributed by atoms with Crippen LogP contribution in [-0.2, 0) is 19.1 Å². The molecule has 0 unspecified atom stereocenters. The fraction of sp³-hybridized carbons (Fsp3) is 0.526. The van der Waals surface area contributed by atoms with Crippen molar-refractivity contribution in [2.24, 2.45) is 11.8 Å². The van der Waals surface area contributed by atoms with Gasteiger partial charge in [-0.15, -0.1) is 0 Å². The number of rotatable bonds is 6. The highest BCUT2D eigenvalue weighted by molar-refractivity contribution is 7.98. The fourth-order valence-corrected chi connectivity index (χ4v) is 5.03. The summed E-state index contributed by atoms with van der Waals surface area (Å²) in [6.45, 7) is 0. The number of carbonyl (C=O) groups excluding carboxylic acids is 3. The number of carbonyl (C=O) groups is 3. The van der Waals surface area contributed by atoms with Crippen molar-refractivity contribution in [3.05, 3.63) is 29.8 Å². The number of thioether (sulfide) groups is 1. The van der Waals surface area contributed by atoms with Crippen LogP contribution in [0.3, 0.4) is 0 Å². The molecule has 2 amide bonds. The summed E-state index contributed by atoms with van der Waals surface area (Å²) in [5, 5.41) is 1.87. The van der Waals surface area contributed by atoms with E-state index in [-0.39, 0.29) is 11.8 Å². The van der Waals surface area contributed by atoms with E-state index in [9.17, 15) is 14.4 Å². The number of imide groups is 1. The topological polar surface area (TPSA) is 89.5 Å². The third-order valence-electron chi connectivity index (χ3n) is 5.77. The standard InChI is InChI=1S/C19H24N2O5S/c1-21-16(22)13-14(17(21)23)19(9-10-27-4,18(24)26-3)20-15(13)11-7-5-6-8-12(11)25-2/h5-8,13-15,20H,9-10H2,1-4H3/p+1/t13-,14-,15-,19+/m0/s1. The van der Waals surface area contributed by atoms with Crippen molar-refractivity contribution in [1.29, 1.82) is 0 Å². The maximum Gasteiger partial charge on any atom is 0.368 e. The van der Waals surface area contributed by atoms with Gasteiger partial charge in [0.25, 0.3) is 0 Å². The van der Waals surface area contributed by atoms with Gasteiger partial charge in [-0.3, -0.25) is 14.5 Å². The molecule has 7 nitrogen and oxygen atoms in total. The normalized spacial score (nSPS) is 29.8. The Bertz CT molecular complexity index is 770. The zero-order valence-corrected chi connectivity index (χ0v) is 16.7.